The predicted molar refractivity (Wildman–Crippen MR) is 105 cm³/mol. The summed E-state index contributed by atoms with van der Waals surface area (Å²) in [5.41, 5.74) is 0.400. The number of amides is 1. The van der Waals surface area contributed by atoms with Crippen molar-refractivity contribution in [1.82, 2.24) is 5.32 Å². The first kappa shape index (κ1) is 20.6. The molecule has 7 nitrogen and oxygen atoms in total. The van der Waals surface area contributed by atoms with Crippen molar-refractivity contribution >= 4 is 21.6 Å². The molecule has 0 fully saturated rings. The lowest BCUT2D eigenvalue weighted by atomic mass is 10.3. The monoisotopic (exact) mass is 392 g/mol. The van der Waals surface area contributed by atoms with Crippen LogP contribution in [-0.2, 0) is 14.8 Å². The summed E-state index contributed by atoms with van der Waals surface area (Å²) in [5.74, 6) is 0.932. The van der Waals surface area contributed by atoms with E-state index in [2.05, 4.69) is 5.32 Å². The average Bonchev–Trinajstić information content (AvgIpc) is 2.64. The van der Waals surface area contributed by atoms with Gasteiger partial charge in [-0.25, -0.2) is 8.42 Å². The van der Waals surface area contributed by atoms with Crippen LogP contribution in [0.15, 0.2) is 54.6 Å². The molecule has 146 valence electrons. The average molecular weight is 392 g/mol. The fraction of sp³-hybridized carbons (Fsp3) is 0.316. The zero-order valence-corrected chi connectivity index (χ0v) is 16.2. The first-order valence-corrected chi connectivity index (χ1v) is 10.4. The van der Waals surface area contributed by atoms with Gasteiger partial charge in [-0.2, -0.15) is 0 Å². The molecule has 2 aromatic rings. The van der Waals surface area contributed by atoms with Crippen LogP contribution in [-0.4, -0.2) is 46.9 Å². The third-order valence-corrected chi connectivity index (χ3v) is 4.70. The number of hydrogen-bond donors (Lipinski definition) is 1. The minimum Gasteiger partial charge on any atom is -0.494 e. The largest absolute Gasteiger partial charge is 0.494 e. The zero-order chi connectivity index (χ0) is 19.7. The summed E-state index contributed by atoms with van der Waals surface area (Å²) in [4.78, 5) is 12.2. The van der Waals surface area contributed by atoms with Gasteiger partial charge in [0.05, 0.1) is 25.1 Å². The highest BCUT2D eigenvalue weighted by molar-refractivity contribution is 7.92. The molecule has 0 aromatic heterocycles. The molecule has 1 amide bonds. The van der Waals surface area contributed by atoms with Gasteiger partial charge in [0.15, 0.2) is 0 Å². The second kappa shape index (κ2) is 9.82. The number of benzene rings is 2. The highest BCUT2D eigenvalue weighted by Crippen LogP contribution is 2.21. The van der Waals surface area contributed by atoms with Gasteiger partial charge in [-0.05, 0) is 43.3 Å². The smallest absolute Gasteiger partial charge is 0.240 e. The normalized spacial score (nSPS) is 10.9. The number of carbonyl (C=O) groups is 1. The Balaban J connectivity index is 1.90. The Morgan fingerprint density at radius 3 is 2.22 bits per heavy atom. The minimum atomic E-state index is -3.61. The highest BCUT2D eigenvalue weighted by Gasteiger charge is 2.20. The van der Waals surface area contributed by atoms with Crippen LogP contribution in [0.25, 0.3) is 0 Å². The fourth-order valence-electron chi connectivity index (χ4n) is 2.34. The molecule has 2 rings (SSSR count). The Morgan fingerprint density at radius 2 is 1.63 bits per heavy atom. The maximum Gasteiger partial charge on any atom is 0.240 e. The number of para-hydroxylation sites is 1. The Labute approximate surface area is 160 Å². The molecule has 0 radical (unpaired) electrons. The van der Waals surface area contributed by atoms with Gasteiger partial charge in [-0.15, -0.1) is 0 Å². The number of rotatable bonds is 10. The van der Waals surface area contributed by atoms with E-state index < -0.39 is 15.9 Å². The molecule has 0 bridgehead atoms. The number of nitrogens with zero attached hydrogens (tertiary/aromatic N) is 1. The Bertz CT molecular complexity index is 823. The van der Waals surface area contributed by atoms with E-state index in [9.17, 15) is 13.2 Å². The number of anilines is 1. The molecule has 1 N–H and O–H groups in total. The lowest BCUT2D eigenvalue weighted by Gasteiger charge is -2.22. The van der Waals surface area contributed by atoms with Crippen molar-refractivity contribution in [3.8, 4) is 11.5 Å². The molecule has 0 spiro atoms. The van der Waals surface area contributed by atoms with Gasteiger partial charge in [-0.1, -0.05) is 18.2 Å². The summed E-state index contributed by atoms with van der Waals surface area (Å²) in [6.07, 6.45) is 1.06. The molecule has 0 saturated heterocycles. The van der Waals surface area contributed by atoms with Crippen LogP contribution < -0.4 is 19.1 Å². The van der Waals surface area contributed by atoms with Crippen LogP contribution >= 0.6 is 0 Å². The molecular formula is C19H24N2O5S. The van der Waals surface area contributed by atoms with Crippen LogP contribution in [0.5, 0.6) is 11.5 Å². The van der Waals surface area contributed by atoms with Crippen molar-refractivity contribution in [2.75, 3.05) is 36.9 Å². The van der Waals surface area contributed by atoms with Gasteiger partial charge in [0.25, 0.3) is 0 Å². The number of hydrogen-bond acceptors (Lipinski definition) is 5. The van der Waals surface area contributed by atoms with Gasteiger partial charge in [-0.3, -0.25) is 9.10 Å². The Morgan fingerprint density at radius 1 is 1.00 bits per heavy atom. The topological polar surface area (TPSA) is 84.9 Å². The molecule has 0 atom stereocenters. The molecule has 0 aliphatic rings. The molecule has 8 heteroatoms. The second-order valence-corrected chi connectivity index (χ2v) is 7.61. The second-order valence-electron chi connectivity index (χ2n) is 5.71. The Hall–Kier alpha value is -2.74. The summed E-state index contributed by atoms with van der Waals surface area (Å²) in [6.45, 7) is 2.63. The van der Waals surface area contributed by atoms with Crippen molar-refractivity contribution in [2.24, 2.45) is 0 Å². The Kier molecular flexibility index (Phi) is 7.48. The maximum absolute atomic E-state index is 12.2. The lowest BCUT2D eigenvalue weighted by molar-refractivity contribution is -0.119. The van der Waals surface area contributed by atoms with E-state index in [4.69, 9.17) is 9.47 Å². The minimum absolute atomic E-state index is 0.272. The SMILES string of the molecule is CCOc1ccc(N(CC(=O)NCCOc2ccccc2)S(C)(=O)=O)cc1. The van der Waals surface area contributed by atoms with Gasteiger partial charge in [0.1, 0.15) is 24.7 Å². The summed E-state index contributed by atoms with van der Waals surface area (Å²) in [5, 5.41) is 2.66. The van der Waals surface area contributed by atoms with E-state index in [0.29, 0.717) is 23.8 Å². The third-order valence-electron chi connectivity index (χ3n) is 3.56. The number of ether oxygens (including phenoxy) is 2. The predicted octanol–water partition coefficient (Wildman–Crippen LogP) is 2.05. The summed E-state index contributed by atoms with van der Waals surface area (Å²) in [7, 11) is -3.61. The van der Waals surface area contributed by atoms with Crippen LogP contribution in [0.1, 0.15) is 6.92 Å². The molecular weight excluding hydrogens is 368 g/mol. The first-order chi connectivity index (χ1) is 12.9. The summed E-state index contributed by atoms with van der Waals surface area (Å²) in [6, 6.07) is 15.8. The van der Waals surface area contributed by atoms with Crippen LogP contribution in [0.4, 0.5) is 5.69 Å². The van der Waals surface area contributed by atoms with E-state index in [1.807, 2.05) is 37.3 Å². The summed E-state index contributed by atoms with van der Waals surface area (Å²) >= 11 is 0. The van der Waals surface area contributed by atoms with Crippen LogP contribution in [0, 0.1) is 0 Å². The van der Waals surface area contributed by atoms with Gasteiger partial charge >= 0.3 is 0 Å². The molecule has 2 aromatic carbocycles. The van der Waals surface area contributed by atoms with E-state index in [0.717, 1.165) is 10.6 Å². The molecule has 0 heterocycles. The van der Waals surface area contributed by atoms with Crippen LogP contribution in [0.2, 0.25) is 0 Å². The standard InChI is InChI=1S/C19H24N2O5S/c1-3-25-18-11-9-16(10-12-18)21(27(2,23)24)15-19(22)20-13-14-26-17-7-5-4-6-8-17/h4-12H,3,13-15H2,1-2H3,(H,20,22). The van der Waals surface area contributed by atoms with Gasteiger partial charge < -0.3 is 14.8 Å². The van der Waals surface area contributed by atoms with Crippen molar-refractivity contribution in [3.05, 3.63) is 54.6 Å². The zero-order valence-electron chi connectivity index (χ0n) is 15.4. The van der Waals surface area contributed by atoms with Gasteiger partial charge in [0.2, 0.25) is 15.9 Å². The maximum atomic E-state index is 12.2. The van der Waals surface area contributed by atoms with Crippen molar-refractivity contribution in [2.45, 2.75) is 6.92 Å². The molecule has 27 heavy (non-hydrogen) atoms. The van der Waals surface area contributed by atoms with Gasteiger partial charge in [0, 0.05) is 0 Å². The first-order valence-electron chi connectivity index (χ1n) is 8.55. The molecule has 0 unspecified atom stereocenters. The lowest BCUT2D eigenvalue weighted by Crippen LogP contribution is -2.41. The fourth-order valence-corrected chi connectivity index (χ4v) is 3.19. The van der Waals surface area contributed by atoms with Crippen LogP contribution in [0.3, 0.4) is 0 Å². The quantitative estimate of drug-likeness (QED) is 0.626. The third kappa shape index (κ3) is 6.82. The van der Waals surface area contributed by atoms with Crippen molar-refractivity contribution in [1.29, 1.82) is 0 Å². The van der Waals surface area contributed by atoms with E-state index in [-0.39, 0.29) is 19.7 Å². The van der Waals surface area contributed by atoms with E-state index in [1.165, 1.54) is 0 Å². The summed E-state index contributed by atoms with van der Waals surface area (Å²) < 4.78 is 36.1. The molecule has 0 aliphatic heterocycles. The number of nitrogens with one attached hydrogen (secondary N) is 1. The highest BCUT2D eigenvalue weighted by atomic mass is 32.2. The van der Waals surface area contributed by atoms with E-state index in [1.54, 1.807) is 24.3 Å². The molecule has 0 saturated carbocycles. The van der Waals surface area contributed by atoms with E-state index >= 15 is 0 Å². The molecule has 0 aliphatic carbocycles. The number of sulfonamides is 1. The van der Waals surface area contributed by atoms with Crippen molar-refractivity contribution < 1.29 is 22.7 Å². The van der Waals surface area contributed by atoms with Crippen molar-refractivity contribution in [3.63, 3.8) is 0 Å². The number of carbonyl (C=O) groups excluding carboxylic acids is 1.